The number of amides is 3. The number of hydrogen-bond acceptors (Lipinski definition) is 3. The average molecular weight is 390 g/mol. The molecule has 0 bridgehead atoms. The van der Waals surface area contributed by atoms with Crippen molar-refractivity contribution in [2.45, 2.75) is 44.6 Å². The molecule has 0 aromatic heterocycles. The van der Waals surface area contributed by atoms with Gasteiger partial charge in [-0.25, -0.2) is 0 Å². The van der Waals surface area contributed by atoms with Crippen molar-refractivity contribution in [3.8, 4) is 0 Å². The first-order valence-corrected chi connectivity index (χ1v) is 10.4. The molecule has 1 saturated carbocycles. The molecule has 1 aliphatic heterocycles. The van der Waals surface area contributed by atoms with Crippen LogP contribution in [0.3, 0.4) is 0 Å². The topological polar surface area (TPSA) is 66.5 Å². The van der Waals surface area contributed by atoms with E-state index in [0.717, 1.165) is 12.0 Å². The molecule has 5 nitrogen and oxygen atoms in total. The predicted molar refractivity (Wildman–Crippen MR) is 110 cm³/mol. The Labute approximate surface area is 171 Å². The van der Waals surface area contributed by atoms with E-state index in [2.05, 4.69) is 29.6 Å². The third-order valence-corrected chi connectivity index (χ3v) is 6.12. The number of hydrogen-bond donors (Lipinski definition) is 1. The fraction of sp³-hybridized carbons (Fsp3) is 0.375. The van der Waals surface area contributed by atoms with Gasteiger partial charge in [0.25, 0.3) is 5.91 Å². The lowest BCUT2D eigenvalue weighted by Crippen LogP contribution is -2.30. The Hall–Kier alpha value is -2.95. The van der Waals surface area contributed by atoms with Crippen LogP contribution in [-0.2, 0) is 16.1 Å². The van der Waals surface area contributed by atoms with Crippen LogP contribution in [0.2, 0.25) is 0 Å². The van der Waals surface area contributed by atoms with Gasteiger partial charge in [0.2, 0.25) is 11.8 Å². The third kappa shape index (κ3) is 4.39. The third-order valence-electron chi connectivity index (χ3n) is 6.12. The molecule has 1 N–H and O–H groups in total. The lowest BCUT2D eigenvalue weighted by atomic mass is 9.89. The van der Waals surface area contributed by atoms with E-state index in [0.29, 0.717) is 36.8 Å². The Bertz CT molecular complexity index is 876. The number of carbonyl (C=O) groups is 3. The quantitative estimate of drug-likeness (QED) is 0.766. The summed E-state index contributed by atoms with van der Waals surface area (Å²) in [6.07, 6.45) is 4.10. The summed E-state index contributed by atoms with van der Waals surface area (Å²) >= 11 is 0. The molecule has 5 heteroatoms. The van der Waals surface area contributed by atoms with Crippen molar-refractivity contribution in [2.24, 2.45) is 5.92 Å². The summed E-state index contributed by atoms with van der Waals surface area (Å²) in [6, 6.07) is 17.7. The Morgan fingerprint density at radius 3 is 2.31 bits per heavy atom. The summed E-state index contributed by atoms with van der Waals surface area (Å²) in [5.74, 6) is 0.647. The fourth-order valence-corrected chi connectivity index (χ4v) is 4.49. The van der Waals surface area contributed by atoms with Gasteiger partial charge in [0.1, 0.15) is 0 Å². The van der Waals surface area contributed by atoms with Crippen LogP contribution in [-0.4, -0.2) is 29.2 Å². The van der Waals surface area contributed by atoms with Crippen LogP contribution in [0.1, 0.15) is 59.5 Å². The Morgan fingerprint density at radius 2 is 1.62 bits per heavy atom. The van der Waals surface area contributed by atoms with Crippen molar-refractivity contribution in [3.05, 3.63) is 71.3 Å². The van der Waals surface area contributed by atoms with Crippen molar-refractivity contribution >= 4 is 17.7 Å². The Morgan fingerprint density at radius 1 is 0.931 bits per heavy atom. The van der Waals surface area contributed by atoms with Crippen LogP contribution in [0.5, 0.6) is 0 Å². The molecule has 3 amide bonds. The van der Waals surface area contributed by atoms with Gasteiger partial charge >= 0.3 is 0 Å². The van der Waals surface area contributed by atoms with Crippen LogP contribution >= 0.6 is 0 Å². The molecule has 2 aromatic rings. The highest BCUT2D eigenvalue weighted by atomic mass is 16.2. The van der Waals surface area contributed by atoms with E-state index in [-0.39, 0.29) is 24.3 Å². The second-order valence-corrected chi connectivity index (χ2v) is 7.99. The molecule has 150 valence electrons. The lowest BCUT2D eigenvalue weighted by Gasteiger charge is -2.20. The number of imide groups is 1. The summed E-state index contributed by atoms with van der Waals surface area (Å²) in [5.41, 5.74) is 2.81. The molecular weight excluding hydrogens is 364 g/mol. The maximum atomic E-state index is 12.6. The van der Waals surface area contributed by atoms with Gasteiger partial charge in [0.05, 0.1) is 6.54 Å². The van der Waals surface area contributed by atoms with Crippen molar-refractivity contribution in [1.29, 1.82) is 0 Å². The normalized spacial score (nSPS) is 21.6. The molecule has 1 heterocycles. The molecule has 1 aliphatic carbocycles. The van der Waals surface area contributed by atoms with Crippen molar-refractivity contribution < 1.29 is 14.4 Å². The van der Waals surface area contributed by atoms with Gasteiger partial charge in [-0.05, 0) is 47.9 Å². The van der Waals surface area contributed by atoms with E-state index in [1.54, 1.807) is 12.1 Å². The maximum Gasteiger partial charge on any atom is 0.251 e. The number of benzene rings is 2. The van der Waals surface area contributed by atoms with Gasteiger partial charge in [-0.1, -0.05) is 48.9 Å². The number of carbonyl (C=O) groups excluding carboxylic acids is 3. The molecule has 29 heavy (non-hydrogen) atoms. The lowest BCUT2D eigenvalue weighted by molar-refractivity contribution is -0.139. The number of likely N-dealkylation sites (tertiary alicyclic amines) is 1. The zero-order chi connectivity index (χ0) is 20.2. The largest absolute Gasteiger partial charge is 0.352 e. The Balaban J connectivity index is 1.33. The Kier molecular flexibility index (Phi) is 5.74. The minimum absolute atomic E-state index is 0.0800. The van der Waals surface area contributed by atoms with E-state index in [1.165, 1.54) is 23.3 Å². The molecule has 4 rings (SSSR count). The van der Waals surface area contributed by atoms with E-state index >= 15 is 0 Å². The van der Waals surface area contributed by atoms with Crippen LogP contribution in [0.25, 0.3) is 0 Å². The first-order chi connectivity index (χ1) is 14.1. The molecule has 0 radical (unpaired) electrons. The van der Waals surface area contributed by atoms with Gasteiger partial charge in [-0.15, -0.1) is 0 Å². The van der Waals surface area contributed by atoms with Crippen LogP contribution in [0, 0.1) is 5.92 Å². The smallest absolute Gasteiger partial charge is 0.251 e. The number of nitrogens with one attached hydrogen (secondary N) is 1. The highest BCUT2D eigenvalue weighted by molar-refractivity contribution is 6.01. The number of nitrogens with zero attached hydrogens (tertiary/aromatic N) is 1. The molecule has 1 saturated heterocycles. The molecule has 2 aliphatic rings. The van der Waals surface area contributed by atoms with E-state index < -0.39 is 0 Å². The molecule has 2 atom stereocenters. The second-order valence-electron chi connectivity index (χ2n) is 7.99. The second kappa shape index (κ2) is 8.60. The SMILES string of the molecule is O=C(NCC1CCCC1c1ccccc1)c1ccc(CN2C(=O)CCC2=O)cc1. The number of rotatable bonds is 6. The van der Waals surface area contributed by atoms with E-state index in [4.69, 9.17) is 0 Å². The molecule has 0 spiro atoms. The minimum atomic E-state index is -0.124. The summed E-state index contributed by atoms with van der Waals surface area (Å²) in [6.45, 7) is 0.956. The zero-order valence-electron chi connectivity index (χ0n) is 16.5. The molecule has 2 aromatic carbocycles. The highest BCUT2D eigenvalue weighted by Gasteiger charge is 2.29. The first kappa shape index (κ1) is 19.4. The summed E-state index contributed by atoms with van der Waals surface area (Å²) in [4.78, 5) is 37.4. The summed E-state index contributed by atoms with van der Waals surface area (Å²) in [5, 5.41) is 3.09. The predicted octanol–water partition coefficient (Wildman–Crippen LogP) is 3.65. The van der Waals surface area contributed by atoms with Gasteiger partial charge in [0, 0.05) is 24.9 Å². The first-order valence-electron chi connectivity index (χ1n) is 10.4. The summed E-state index contributed by atoms with van der Waals surface area (Å²) in [7, 11) is 0. The van der Waals surface area contributed by atoms with Gasteiger partial charge in [-0.2, -0.15) is 0 Å². The maximum absolute atomic E-state index is 12.6. The van der Waals surface area contributed by atoms with Crippen molar-refractivity contribution in [1.82, 2.24) is 10.2 Å². The zero-order valence-corrected chi connectivity index (χ0v) is 16.5. The van der Waals surface area contributed by atoms with Crippen LogP contribution < -0.4 is 5.32 Å². The van der Waals surface area contributed by atoms with E-state index in [1.807, 2.05) is 18.2 Å². The molecular formula is C24H26N2O3. The molecule has 2 fully saturated rings. The average Bonchev–Trinajstić information content (AvgIpc) is 3.35. The minimum Gasteiger partial charge on any atom is -0.352 e. The van der Waals surface area contributed by atoms with E-state index in [9.17, 15) is 14.4 Å². The van der Waals surface area contributed by atoms with Crippen molar-refractivity contribution in [2.75, 3.05) is 6.54 Å². The van der Waals surface area contributed by atoms with Gasteiger partial charge in [0.15, 0.2) is 0 Å². The van der Waals surface area contributed by atoms with Gasteiger partial charge in [-0.3, -0.25) is 19.3 Å². The van der Waals surface area contributed by atoms with Crippen molar-refractivity contribution in [3.63, 3.8) is 0 Å². The monoisotopic (exact) mass is 390 g/mol. The van der Waals surface area contributed by atoms with Crippen LogP contribution in [0.4, 0.5) is 0 Å². The summed E-state index contributed by atoms with van der Waals surface area (Å²) < 4.78 is 0. The fourth-order valence-electron chi connectivity index (χ4n) is 4.49. The van der Waals surface area contributed by atoms with Gasteiger partial charge < -0.3 is 5.32 Å². The standard InChI is InChI=1S/C24H26N2O3/c27-22-13-14-23(28)26(22)16-17-9-11-19(12-10-17)24(29)25-15-20-7-4-8-21(20)18-5-2-1-3-6-18/h1-3,5-6,9-12,20-21H,4,7-8,13-16H2,(H,25,29). The highest BCUT2D eigenvalue weighted by Crippen LogP contribution is 2.39. The van der Waals surface area contributed by atoms with Crippen LogP contribution in [0.15, 0.2) is 54.6 Å². The molecule has 2 unspecified atom stereocenters.